The van der Waals surface area contributed by atoms with E-state index in [0.717, 1.165) is 17.0 Å². The van der Waals surface area contributed by atoms with Crippen LogP contribution in [0.4, 0.5) is 10.8 Å². The molecule has 1 amide bonds. The third kappa shape index (κ3) is 4.25. The number of anilines is 1. The largest absolute Gasteiger partial charge is 0.484 e. The minimum Gasteiger partial charge on any atom is -0.484 e. The summed E-state index contributed by atoms with van der Waals surface area (Å²) in [5.41, 5.74) is 2.09. The number of pyridine rings is 1. The summed E-state index contributed by atoms with van der Waals surface area (Å²) in [6.45, 7) is 1.81. The highest BCUT2D eigenvalue weighted by atomic mass is 32.1. The van der Waals surface area contributed by atoms with Crippen molar-refractivity contribution in [3.05, 3.63) is 63.9 Å². The number of nitrogens with zero attached hydrogens (tertiary/aromatic N) is 5. The summed E-state index contributed by atoms with van der Waals surface area (Å²) in [4.78, 5) is 26.9. The maximum atomic E-state index is 12.0. The molecular weight excluding hydrogens is 408 g/mol. The van der Waals surface area contributed by atoms with Crippen LogP contribution in [0.15, 0.2) is 48.8 Å². The van der Waals surface area contributed by atoms with Gasteiger partial charge in [0.2, 0.25) is 5.13 Å². The second kappa shape index (κ2) is 8.25. The van der Waals surface area contributed by atoms with Crippen molar-refractivity contribution in [1.29, 1.82) is 0 Å². The van der Waals surface area contributed by atoms with Crippen LogP contribution in [0.5, 0.6) is 5.75 Å². The number of aryl methyl sites for hydroxylation is 1. The van der Waals surface area contributed by atoms with Crippen molar-refractivity contribution >= 4 is 33.7 Å². The normalized spacial score (nSPS) is 10.8. The van der Waals surface area contributed by atoms with Crippen LogP contribution in [0.3, 0.4) is 0 Å². The lowest BCUT2D eigenvalue weighted by Crippen LogP contribution is -2.20. The Morgan fingerprint density at radius 3 is 2.70 bits per heavy atom. The fourth-order valence-corrected chi connectivity index (χ4v) is 3.40. The Hall–Kier alpha value is -3.86. The van der Waals surface area contributed by atoms with Gasteiger partial charge in [-0.1, -0.05) is 18.3 Å². The highest BCUT2D eigenvalue weighted by Crippen LogP contribution is 2.23. The molecule has 0 saturated carbocycles. The Labute approximate surface area is 174 Å². The molecule has 0 atom stereocenters. The van der Waals surface area contributed by atoms with Crippen LogP contribution in [-0.4, -0.2) is 37.0 Å². The van der Waals surface area contributed by atoms with Gasteiger partial charge in [-0.3, -0.25) is 24.6 Å². The molecule has 0 radical (unpaired) electrons. The van der Waals surface area contributed by atoms with E-state index in [9.17, 15) is 14.9 Å². The first-order valence-corrected chi connectivity index (χ1v) is 9.82. The summed E-state index contributed by atoms with van der Waals surface area (Å²) in [7, 11) is 0. The fraction of sp³-hybridized carbons (Fsp3) is 0.158. The van der Waals surface area contributed by atoms with Gasteiger partial charge in [0.15, 0.2) is 6.61 Å². The smallest absolute Gasteiger partial charge is 0.286 e. The van der Waals surface area contributed by atoms with Crippen molar-refractivity contribution in [3.63, 3.8) is 0 Å². The monoisotopic (exact) mass is 424 g/mol. The number of hydrogen-bond acceptors (Lipinski definition) is 8. The first-order chi connectivity index (χ1) is 14.5. The van der Waals surface area contributed by atoms with Gasteiger partial charge in [-0.2, -0.15) is 0 Å². The van der Waals surface area contributed by atoms with Crippen LogP contribution in [0, 0.1) is 10.1 Å². The molecule has 1 N–H and O–H groups in total. The maximum absolute atomic E-state index is 12.0. The van der Waals surface area contributed by atoms with Gasteiger partial charge in [0.05, 0.1) is 16.8 Å². The van der Waals surface area contributed by atoms with E-state index >= 15 is 0 Å². The topological polar surface area (TPSA) is 125 Å². The summed E-state index contributed by atoms with van der Waals surface area (Å²) < 4.78 is 7.12. The molecule has 1 aromatic carbocycles. The second-order valence-electron chi connectivity index (χ2n) is 6.25. The number of carbonyl (C=O) groups excluding carboxylic acids is 1. The predicted molar refractivity (Wildman–Crippen MR) is 111 cm³/mol. The predicted octanol–water partition coefficient (Wildman–Crippen LogP) is 3.34. The Morgan fingerprint density at radius 2 is 2.00 bits per heavy atom. The lowest BCUT2D eigenvalue weighted by atomic mass is 10.2. The van der Waals surface area contributed by atoms with Crippen molar-refractivity contribution in [1.82, 2.24) is 19.6 Å². The summed E-state index contributed by atoms with van der Waals surface area (Å²) in [6, 6.07) is 10.1. The fourth-order valence-electron chi connectivity index (χ4n) is 2.70. The number of carbonyl (C=O) groups is 1. The minimum atomic E-state index is -0.449. The van der Waals surface area contributed by atoms with Crippen LogP contribution >= 0.6 is 11.3 Å². The molecule has 3 heterocycles. The summed E-state index contributed by atoms with van der Waals surface area (Å²) in [6.07, 6.45) is 3.90. The molecular formula is C19H16N6O4S. The molecule has 30 heavy (non-hydrogen) atoms. The number of ether oxygens (including phenoxy) is 1. The minimum absolute atomic E-state index is 0.00655. The molecule has 10 nitrogen and oxygen atoms in total. The Bertz CT molecular complexity index is 1220. The number of aromatic nitrogens is 4. The number of nitrogens with one attached hydrogen (secondary N) is 1. The van der Waals surface area contributed by atoms with Gasteiger partial charge in [0.1, 0.15) is 16.4 Å². The van der Waals surface area contributed by atoms with Gasteiger partial charge in [-0.05, 0) is 36.8 Å². The van der Waals surface area contributed by atoms with Crippen molar-refractivity contribution < 1.29 is 14.5 Å². The van der Waals surface area contributed by atoms with Crippen molar-refractivity contribution in [2.75, 3.05) is 11.9 Å². The zero-order chi connectivity index (χ0) is 21.1. The van der Waals surface area contributed by atoms with E-state index in [4.69, 9.17) is 4.74 Å². The van der Waals surface area contributed by atoms with Gasteiger partial charge < -0.3 is 4.74 Å². The maximum Gasteiger partial charge on any atom is 0.286 e. The number of fused-ring (bicyclic) bond motifs is 1. The van der Waals surface area contributed by atoms with E-state index < -0.39 is 4.92 Å². The number of hydrogen-bond donors (Lipinski definition) is 1. The third-order valence-electron chi connectivity index (χ3n) is 4.18. The highest BCUT2D eigenvalue weighted by Gasteiger charge is 2.11. The number of imidazole rings is 1. The molecule has 0 saturated heterocycles. The van der Waals surface area contributed by atoms with Crippen LogP contribution in [-0.2, 0) is 11.2 Å². The number of rotatable bonds is 7. The number of benzene rings is 1. The van der Waals surface area contributed by atoms with E-state index in [2.05, 4.69) is 20.5 Å². The molecule has 0 aliphatic heterocycles. The Kier molecular flexibility index (Phi) is 5.35. The molecule has 0 aliphatic rings. The molecule has 0 aliphatic carbocycles. The molecule has 0 spiro atoms. The van der Waals surface area contributed by atoms with Gasteiger partial charge in [0.25, 0.3) is 11.6 Å². The third-order valence-corrected chi connectivity index (χ3v) is 5.16. The lowest BCUT2D eigenvalue weighted by Gasteiger charge is -2.06. The average molecular weight is 424 g/mol. The molecule has 4 rings (SSSR count). The van der Waals surface area contributed by atoms with Gasteiger partial charge in [0, 0.05) is 17.8 Å². The summed E-state index contributed by atoms with van der Waals surface area (Å²) in [5.74, 6) is 0.208. The van der Waals surface area contributed by atoms with Crippen molar-refractivity contribution in [3.8, 4) is 17.0 Å². The summed E-state index contributed by atoms with van der Waals surface area (Å²) >= 11 is 1.33. The molecule has 4 aromatic rings. The van der Waals surface area contributed by atoms with E-state index in [1.165, 1.54) is 23.6 Å². The van der Waals surface area contributed by atoms with E-state index in [1.807, 2.05) is 19.1 Å². The summed E-state index contributed by atoms with van der Waals surface area (Å²) in [5, 5.41) is 22.7. The lowest BCUT2D eigenvalue weighted by molar-refractivity contribution is -0.385. The highest BCUT2D eigenvalue weighted by molar-refractivity contribution is 7.15. The molecule has 0 bridgehead atoms. The zero-order valence-electron chi connectivity index (χ0n) is 15.8. The van der Waals surface area contributed by atoms with Crippen molar-refractivity contribution in [2.24, 2.45) is 0 Å². The van der Waals surface area contributed by atoms with E-state index in [-0.39, 0.29) is 18.2 Å². The number of amides is 1. The van der Waals surface area contributed by atoms with Crippen LogP contribution in [0.2, 0.25) is 0 Å². The molecule has 3 aromatic heterocycles. The molecule has 0 fully saturated rings. The molecule has 0 unspecified atom stereocenters. The van der Waals surface area contributed by atoms with Gasteiger partial charge in [-0.15, -0.1) is 10.2 Å². The SMILES string of the molecule is CCc1nnc(NC(=O)COc2ccc(-c3cn4cc([N+](=O)[O-])ccc4n3)cc2)s1. The van der Waals surface area contributed by atoms with Crippen LogP contribution in [0.25, 0.3) is 16.9 Å². The Morgan fingerprint density at radius 1 is 1.20 bits per heavy atom. The van der Waals surface area contributed by atoms with Crippen molar-refractivity contribution in [2.45, 2.75) is 13.3 Å². The van der Waals surface area contributed by atoms with Gasteiger partial charge >= 0.3 is 0 Å². The van der Waals surface area contributed by atoms with Crippen LogP contribution in [0.1, 0.15) is 11.9 Å². The van der Waals surface area contributed by atoms with E-state index in [1.54, 1.807) is 28.8 Å². The average Bonchev–Trinajstić information content (AvgIpc) is 3.38. The van der Waals surface area contributed by atoms with Gasteiger partial charge in [-0.25, -0.2) is 4.98 Å². The Balaban J connectivity index is 1.39. The molecule has 152 valence electrons. The first kappa shape index (κ1) is 19.5. The van der Waals surface area contributed by atoms with E-state index in [0.29, 0.717) is 22.2 Å². The number of nitro groups is 1. The zero-order valence-corrected chi connectivity index (χ0v) is 16.6. The quantitative estimate of drug-likeness (QED) is 0.356. The first-order valence-electron chi connectivity index (χ1n) is 9.00. The van der Waals surface area contributed by atoms with Crippen LogP contribution < -0.4 is 10.1 Å². The second-order valence-corrected chi connectivity index (χ2v) is 7.31. The standard InChI is InChI=1S/C19H16N6O4S/c1-2-18-22-23-19(30-18)21-17(26)11-29-14-6-3-12(4-7-14)15-10-24-9-13(25(27)28)5-8-16(24)20-15/h3-10H,2,11H2,1H3,(H,21,23,26). The molecule has 11 heteroatoms.